The first-order valence-electron chi connectivity index (χ1n) is 14.0. The number of anilines is 2. The number of benzene rings is 2. The number of amides is 3. The molecule has 2 aliphatic rings. The summed E-state index contributed by atoms with van der Waals surface area (Å²) >= 11 is 0. The predicted molar refractivity (Wildman–Crippen MR) is 155 cm³/mol. The second-order valence-electron chi connectivity index (χ2n) is 11.0. The summed E-state index contributed by atoms with van der Waals surface area (Å²) in [4.78, 5) is 52.0. The van der Waals surface area contributed by atoms with Gasteiger partial charge in [0.15, 0.2) is 0 Å². The molecule has 6 rings (SSSR count). The van der Waals surface area contributed by atoms with Gasteiger partial charge in [-0.3, -0.25) is 24.2 Å². The summed E-state index contributed by atoms with van der Waals surface area (Å²) in [5.41, 5.74) is 2.75. The molecule has 43 heavy (non-hydrogen) atoms. The largest absolute Gasteiger partial charge is 0.361 e. The van der Waals surface area contributed by atoms with Crippen molar-refractivity contribution >= 4 is 40.1 Å². The fourth-order valence-electron chi connectivity index (χ4n) is 5.91. The Hall–Kier alpha value is -5.11. The van der Waals surface area contributed by atoms with Gasteiger partial charge in [0.25, 0.3) is 11.8 Å². The number of carbonyl (C=O) groups is 3. The van der Waals surface area contributed by atoms with E-state index in [1.54, 1.807) is 36.5 Å². The Kier molecular flexibility index (Phi) is 7.13. The van der Waals surface area contributed by atoms with Crippen LogP contribution in [0, 0.1) is 18.3 Å². The minimum absolute atomic E-state index is 0.0674. The van der Waals surface area contributed by atoms with E-state index in [-0.39, 0.29) is 30.1 Å². The lowest BCUT2D eigenvalue weighted by Crippen LogP contribution is -2.56. The molecular formula is C32H28F2N6O3. The second-order valence-corrected chi connectivity index (χ2v) is 11.0. The predicted octanol–water partition coefficient (Wildman–Crippen LogP) is 4.93. The lowest BCUT2D eigenvalue weighted by molar-refractivity contribution is -0.133. The average Bonchev–Trinajstić information content (AvgIpc) is 3.61. The van der Waals surface area contributed by atoms with Gasteiger partial charge < -0.3 is 10.3 Å². The number of alkyl halides is 2. The first-order chi connectivity index (χ1) is 20.6. The zero-order valence-electron chi connectivity index (χ0n) is 23.3. The molecule has 2 aromatic heterocycles. The van der Waals surface area contributed by atoms with E-state index in [0.29, 0.717) is 11.3 Å². The summed E-state index contributed by atoms with van der Waals surface area (Å²) in [5, 5.41) is 13.0. The summed E-state index contributed by atoms with van der Waals surface area (Å²) in [5.74, 6) is -4.16. The van der Waals surface area contributed by atoms with Crippen LogP contribution < -0.4 is 15.1 Å². The van der Waals surface area contributed by atoms with E-state index in [2.05, 4.69) is 15.3 Å². The van der Waals surface area contributed by atoms with Crippen LogP contribution in [0.5, 0.6) is 0 Å². The lowest BCUT2D eigenvalue weighted by Gasteiger charge is -2.39. The third-order valence-corrected chi connectivity index (χ3v) is 8.10. The van der Waals surface area contributed by atoms with Crippen LogP contribution in [0.2, 0.25) is 0 Å². The molecule has 2 aromatic carbocycles. The molecule has 9 nitrogen and oxygen atoms in total. The highest BCUT2D eigenvalue weighted by molar-refractivity contribution is 6.11. The number of hydrogen-bond donors (Lipinski definition) is 2. The third-order valence-electron chi connectivity index (χ3n) is 8.10. The molecule has 0 radical (unpaired) electrons. The van der Waals surface area contributed by atoms with Gasteiger partial charge in [-0.2, -0.15) is 5.26 Å². The Balaban J connectivity index is 1.47. The summed E-state index contributed by atoms with van der Waals surface area (Å²) in [7, 11) is 0. The number of rotatable bonds is 7. The second kappa shape index (κ2) is 10.9. The van der Waals surface area contributed by atoms with Crippen molar-refractivity contribution in [2.45, 2.75) is 56.7 Å². The number of nitriles is 1. The van der Waals surface area contributed by atoms with Crippen LogP contribution in [0.4, 0.5) is 20.3 Å². The van der Waals surface area contributed by atoms with Gasteiger partial charge >= 0.3 is 0 Å². The number of nitrogens with one attached hydrogen (secondary N) is 2. The van der Waals surface area contributed by atoms with Gasteiger partial charge in [-0.15, -0.1) is 0 Å². The molecule has 1 saturated heterocycles. The van der Waals surface area contributed by atoms with E-state index in [0.717, 1.165) is 16.5 Å². The van der Waals surface area contributed by atoms with E-state index >= 15 is 0 Å². The van der Waals surface area contributed by atoms with Crippen LogP contribution in [-0.2, 0) is 14.4 Å². The molecule has 11 heteroatoms. The van der Waals surface area contributed by atoms with E-state index in [4.69, 9.17) is 0 Å². The minimum Gasteiger partial charge on any atom is -0.361 e. The molecule has 218 valence electrons. The summed E-state index contributed by atoms with van der Waals surface area (Å²) in [6.07, 6.45) is 2.43. The quantitative estimate of drug-likeness (QED) is 0.320. The van der Waals surface area contributed by atoms with Gasteiger partial charge in [-0.1, -0.05) is 24.3 Å². The molecule has 2 unspecified atom stereocenters. The van der Waals surface area contributed by atoms with E-state index < -0.39 is 48.7 Å². The van der Waals surface area contributed by atoms with Crippen molar-refractivity contribution in [3.8, 4) is 6.07 Å². The zero-order chi connectivity index (χ0) is 30.3. The van der Waals surface area contributed by atoms with Gasteiger partial charge in [0, 0.05) is 54.3 Å². The SMILES string of the molecule is Cc1ccccc1C(C(=O)NC1CC(F)(F)C1)N(C(=O)C1CCC(=O)N1c1cc(C#N)ccn1)c1ccc2[nH]ccc2c1. The van der Waals surface area contributed by atoms with Crippen LogP contribution in [0.3, 0.4) is 0 Å². The van der Waals surface area contributed by atoms with E-state index in [1.165, 1.54) is 28.1 Å². The van der Waals surface area contributed by atoms with Gasteiger partial charge in [0.2, 0.25) is 11.8 Å². The normalized spacial score (nSPS) is 18.6. The number of hydrogen-bond acceptors (Lipinski definition) is 5. The fraction of sp³-hybridized carbons (Fsp3) is 0.281. The zero-order valence-corrected chi connectivity index (χ0v) is 23.3. The molecular weight excluding hydrogens is 554 g/mol. The number of H-pyrrole nitrogens is 1. The maximum Gasteiger partial charge on any atom is 0.252 e. The Labute approximate surface area is 246 Å². The van der Waals surface area contributed by atoms with Gasteiger partial charge in [0.05, 0.1) is 11.6 Å². The van der Waals surface area contributed by atoms with Crippen LogP contribution in [0.1, 0.15) is 48.4 Å². The highest BCUT2D eigenvalue weighted by Gasteiger charge is 2.48. The highest BCUT2D eigenvalue weighted by Crippen LogP contribution is 2.39. The van der Waals surface area contributed by atoms with Gasteiger partial charge in [0.1, 0.15) is 17.9 Å². The lowest BCUT2D eigenvalue weighted by atomic mass is 9.87. The van der Waals surface area contributed by atoms with Crippen molar-refractivity contribution in [1.82, 2.24) is 15.3 Å². The summed E-state index contributed by atoms with van der Waals surface area (Å²) in [6.45, 7) is 1.81. The third kappa shape index (κ3) is 5.32. The van der Waals surface area contributed by atoms with Crippen molar-refractivity contribution in [2.75, 3.05) is 9.80 Å². The van der Waals surface area contributed by atoms with Gasteiger partial charge in [-0.25, -0.2) is 13.8 Å². The number of carbonyl (C=O) groups excluding carboxylic acids is 3. The molecule has 0 spiro atoms. The van der Waals surface area contributed by atoms with Gasteiger partial charge in [-0.05, 0) is 60.9 Å². The van der Waals surface area contributed by atoms with Crippen molar-refractivity contribution in [3.05, 3.63) is 89.7 Å². The Bertz CT molecular complexity index is 1770. The first kappa shape index (κ1) is 28.0. The van der Waals surface area contributed by atoms with Crippen LogP contribution in [0.15, 0.2) is 73.1 Å². The van der Waals surface area contributed by atoms with E-state index in [9.17, 15) is 28.4 Å². The topological polar surface area (TPSA) is 122 Å². The number of aromatic amines is 1. The number of pyridine rings is 1. The first-order valence-corrected chi connectivity index (χ1v) is 14.0. The molecule has 1 aliphatic carbocycles. The number of aromatic nitrogens is 2. The van der Waals surface area contributed by atoms with Crippen molar-refractivity contribution in [2.24, 2.45) is 0 Å². The molecule has 1 saturated carbocycles. The Morgan fingerprint density at radius 3 is 2.70 bits per heavy atom. The number of aryl methyl sites for hydroxylation is 1. The standard InChI is InChI=1S/C32H28F2N6O3/c1-19-4-2-3-5-24(19)29(30(42)38-22-16-32(33,34)17-22)39(23-6-7-25-21(15-23)11-13-36-25)31(43)26-8-9-28(41)40(26)27-14-20(18-35)10-12-37-27/h2-7,10-15,22,26,29,36H,8-9,16-17H2,1H3,(H,38,42). The number of nitrogens with zero attached hydrogens (tertiary/aromatic N) is 4. The van der Waals surface area contributed by atoms with Crippen molar-refractivity contribution in [3.63, 3.8) is 0 Å². The van der Waals surface area contributed by atoms with Crippen LogP contribution >= 0.6 is 0 Å². The van der Waals surface area contributed by atoms with Crippen molar-refractivity contribution < 1.29 is 23.2 Å². The molecule has 1 aliphatic heterocycles. The van der Waals surface area contributed by atoms with Crippen molar-refractivity contribution in [1.29, 1.82) is 5.26 Å². The smallest absolute Gasteiger partial charge is 0.252 e. The van der Waals surface area contributed by atoms with E-state index in [1.807, 2.05) is 31.2 Å². The molecule has 2 atom stereocenters. The molecule has 0 bridgehead atoms. The maximum absolute atomic E-state index is 14.7. The monoisotopic (exact) mass is 582 g/mol. The maximum atomic E-state index is 14.7. The molecule has 3 heterocycles. The fourth-order valence-corrected chi connectivity index (χ4v) is 5.91. The van der Waals surface area contributed by atoms with Crippen LogP contribution in [-0.4, -0.2) is 45.7 Å². The molecule has 4 aromatic rings. The molecule has 2 N–H and O–H groups in total. The Morgan fingerprint density at radius 2 is 1.95 bits per heavy atom. The summed E-state index contributed by atoms with van der Waals surface area (Å²) in [6, 6.07) is 16.2. The number of halogens is 2. The highest BCUT2D eigenvalue weighted by atomic mass is 19.3. The molecule has 2 fully saturated rings. The van der Waals surface area contributed by atoms with Crippen LogP contribution in [0.25, 0.3) is 10.9 Å². The number of fused-ring (bicyclic) bond motifs is 1. The summed E-state index contributed by atoms with van der Waals surface area (Å²) < 4.78 is 27.4. The molecule has 3 amide bonds. The Morgan fingerprint density at radius 1 is 1.16 bits per heavy atom. The average molecular weight is 583 g/mol. The minimum atomic E-state index is -2.85.